The molecular weight excluding hydrogens is 266 g/mol. The van der Waals surface area contributed by atoms with E-state index in [4.69, 9.17) is 4.74 Å². The molecule has 2 heterocycles. The third-order valence-electron chi connectivity index (χ3n) is 4.31. The van der Waals surface area contributed by atoms with E-state index in [1.165, 1.54) is 0 Å². The zero-order valence-electron chi connectivity index (χ0n) is 12.6. The third kappa shape index (κ3) is 3.18. The van der Waals surface area contributed by atoms with Gasteiger partial charge in [0, 0.05) is 37.7 Å². The Morgan fingerprint density at radius 2 is 2.19 bits per heavy atom. The minimum atomic E-state index is 0.132. The summed E-state index contributed by atoms with van der Waals surface area (Å²) in [7, 11) is 0. The van der Waals surface area contributed by atoms with Gasteiger partial charge in [0.15, 0.2) is 0 Å². The normalized spacial score (nSPS) is 22.3. The number of ether oxygens (including phenoxy) is 1. The highest BCUT2D eigenvalue weighted by atomic mass is 16.5. The SMILES string of the molecule is CCOC[C@H]1CN(C(=O)C2CC=CC2)Cc2cncn2C1. The number of hydrogen-bond donors (Lipinski definition) is 0. The van der Waals surface area contributed by atoms with E-state index in [-0.39, 0.29) is 11.8 Å². The Kier molecular flexibility index (Phi) is 4.39. The van der Waals surface area contributed by atoms with Crippen molar-refractivity contribution < 1.29 is 9.53 Å². The van der Waals surface area contributed by atoms with Gasteiger partial charge in [0.1, 0.15) is 0 Å². The van der Waals surface area contributed by atoms with E-state index in [2.05, 4.69) is 21.7 Å². The van der Waals surface area contributed by atoms with E-state index >= 15 is 0 Å². The maximum absolute atomic E-state index is 12.7. The maximum atomic E-state index is 12.7. The number of allylic oxidation sites excluding steroid dienone is 2. The van der Waals surface area contributed by atoms with Crippen LogP contribution < -0.4 is 0 Å². The van der Waals surface area contributed by atoms with Crippen LogP contribution >= 0.6 is 0 Å². The second-order valence-electron chi connectivity index (χ2n) is 5.92. The third-order valence-corrected chi connectivity index (χ3v) is 4.31. The molecule has 1 amide bonds. The first-order valence-corrected chi connectivity index (χ1v) is 7.78. The Morgan fingerprint density at radius 3 is 2.95 bits per heavy atom. The minimum absolute atomic E-state index is 0.132. The summed E-state index contributed by atoms with van der Waals surface area (Å²) in [6, 6.07) is 0. The summed E-state index contributed by atoms with van der Waals surface area (Å²) in [6.07, 6.45) is 9.72. The zero-order chi connectivity index (χ0) is 14.7. The standard InChI is InChI=1S/C16H23N3O2/c1-2-21-11-13-8-18(16(20)14-5-3-4-6-14)10-15-7-17-12-19(15)9-13/h3-4,7,12-14H,2,5-6,8-11H2,1H3/t13-/m0/s1. The number of amides is 1. The van der Waals surface area contributed by atoms with Crippen molar-refractivity contribution in [2.24, 2.45) is 11.8 Å². The molecule has 0 spiro atoms. The minimum Gasteiger partial charge on any atom is -0.381 e. The van der Waals surface area contributed by atoms with Crippen LogP contribution in [-0.4, -0.2) is 40.1 Å². The summed E-state index contributed by atoms with van der Waals surface area (Å²) >= 11 is 0. The van der Waals surface area contributed by atoms with Gasteiger partial charge in [-0.25, -0.2) is 4.98 Å². The van der Waals surface area contributed by atoms with Crippen LogP contribution in [0.5, 0.6) is 0 Å². The molecule has 21 heavy (non-hydrogen) atoms. The van der Waals surface area contributed by atoms with Crippen LogP contribution in [0.4, 0.5) is 0 Å². The molecule has 0 fully saturated rings. The first kappa shape index (κ1) is 14.3. The van der Waals surface area contributed by atoms with E-state index in [0.29, 0.717) is 25.7 Å². The highest BCUT2D eigenvalue weighted by molar-refractivity contribution is 5.79. The molecule has 1 aliphatic heterocycles. The Morgan fingerprint density at radius 1 is 1.38 bits per heavy atom. The Bertz CT molecular complexity index is 515. The van der Waals surface area contributed by atoms with Gasteiger partial charge in [0.2, 0.25) is 5.91 Å². The van der Waals surface area contributed by atoms with Gasteiger partial charge >= 0.3 is 0 Å². The summed E-state index contributed by atoms with van der Waals surface area (Å²) in [6.45, 7) is 5.73. The van der Waals surface area contributed by atoms with Crippen molar-refractivity contribution in [3.63, 3.8) is 0 Å². The van der Waals surface area contributed by atoms with E-state index in [9.17, 15) is 4.79 Å². The topological polar surface area (TPSA) is 47.4 Å². The van der Waals surface area contributed by atoms with Crippen LogP contribution in [0.2, 0.25) is 0 Å². The number of nitrogens with zero attached hydrogens (tertiary/aromatic N) is 3. The van der Waals surface area contributed by atoms with Crippen molar-refractivity contribution in [3.05, 3.63) is 30.4 Å². The summed E-state index contributed by atoms with van der Waals surface area (Å²) in [5.74, 6) is 0.738. The summed E-state index contributed by atoms with van der Waals surface area (Å²) < 4.78 is 7.75. The fraction of sp³-hybridized carbons (Fsp3) is 0.625. The van der Waals surface area contributed by atoms with Crippen molar-refractivity contribution >= 4 is 5.91 Å². The van der Waals surface area contributed by atoms with Gasteiger partial charge in [-0.1, -0.05) is 12.2 Å². The van der Waals surface area contributed by atoms with Gasteiger partial charge in [0.25, 0.3) is 0 Å². The second-order valence-corrected chi connectivity index (χ2v) is 5.92. The molecule has 0 unspecified atom stereocenters. The molecule has 0 aromatic carbocycles. The molecule has 0 N–H and O–H groups in total. The lowest BCUT2D eigenvalue weighted by molar-refractivity contribution is -0.136. The number of fused-ring (bicyclic) bond motifs is 1. The molecule has 114 valence electrons. The zero-order valence-corrected chi connectivity index (χ0v) is 12.6. The van der Waals surface area contributed by atoms with Crippen LogP contribution in [0, 0.1) is 11.8 Å². The Balaban J connectivity index is 1.74. The number of carbonyl (C=O) groups excluding carboxylic acids is 1. The Labute approximate surface area is 125 Å². The molecule has 5 heteroatoms. The summed E-state index contributed by atoms with van der Waals surface area (Å²) in [5.41, 5.74) is 1.12. The number of hydrogen-bond acceptors (Lipinski definition) is 3. The molecular formula is C16H23N3O2. The van der Waals surface area contributed by atoms with Crippen LogP contribution in [0.1, 0.15) is 25.5 Å². The van der Waals surface area contributed by atoms with Gasteiger partial charge in [-0.2, -0.15) is 0 Å². The number of carbonyl (C=O) groups is 1. The maximum Gasteiger partial charge on any atom is 0.226 e. The Hall–Kier alpha value is -1.62. The fourth-order valence-electron chi connectivity index (χ4n) is 3.19. The lowest BCUT2D eigenvalue weighted by Gasteiger charge is -2.26. The smallest absolute Gasteiger partial charge is 0.226 e. The van der Waals surface area contributed by atoms with Crippen LogP contribution in [0.25, 0.3) is 0 Å². The summed E-state index contributed by atoms with van der Waals surface area (Å²) in [5, 5.41) is 0. The largest absolute Gasteiger partial charge is 0.381 e. The van der Waals surface area contributed by atoms with Gasteiger partial charge in [0.05, 0.1) is 25.2 Å². The molecule has 0 saturated heterocycles. The molecule has 0 radical (unpaired) electrons. The molecule has 1 aliphatic carbocycles. The van der Waals surface area contributed by atoms with Crippen LogP contribution in [0.15, 0.2) is 24.7 Å². The first-order chi connectivity index (χ1) is 10.3. The number of imidazole rings is 1. The van der Waals surface area contributed by atoms with Crippen molar-refractivity contribution in [2.45, 2.75) is 32.9 Å². The second kappa shape index (κ2) is 6.43. The molecule has 1 atom stereocenters. The van der Waals surface area contributed by atoms with Gasteiger partial charge < -0.3 is 14.2 Å². The predicted molar refractivity (Wildman–Crippen MR) is 79.5 cm³/mol. The molecule has 3 rings (SSSR count). The number of aromatic nitrogens is 2. The van der Waals surface area contributed by atoms with E-state index in [1.54, 1.807) is 0 Å². The van der Waals surface area contributed by atoms with Crippen molar-refractivity contribution in [2.75, 3.05) is 19.8 Å². The predicted octanol–water partition coefficient (Wildman–Crippen LogP) is 1.84. The lowest BCUT2D eigenvalue weighted by atomic mass is 10.0. The van der Waals surface area contributed by atoms with Gasteiger partial charge in [-0.3, -0.25) is 4.79 Å². The highest BCUT2D eigenvalue weighted by Gasteiger charge is 2.30. The first-order valence-electron chi connectivity index (χ1n) is 7.78. The van der Waals surface area contributed by atoms with Gasteiger partial charge in [-0.05, 0) is 19.8 Å². The van der Waals surface area contributed by atoms with E-state index in [0.717, 1.165) is 31.6 Å². The fourth-order valence-corrected chi connectivity index (χ4v) is 3.19. The quantitative estimate of drug-likeness (QED) is 0.795. The lowest BCUT2D eigenvalue weighted by Crippen LogP contribution is -2.38. The average Bonchev–Trinajstić information content (AvgIpc) is 3.13. The molecule has 1 aromatic rings. The van der Waals surface area contributed by atoms with Crippen molar-refractivity contribution in [3.8, 4) is 0 Å². The molecule has 1 aromatic heterocycles. The van der Waals surface area contributed by atoms with Crippen LogP contribution in [-0.2, 0) is 22.6 Å². The summed E-state index contributed by atoms with van der Waals surface area (Å²) in [4.78, 5) is 18.9. The van der Waals surface area contributed by atoms with Crippen LogP contribution in [0.3, 0.4) is 0 Å². The highest BCUT2D eigenvalue weighted by Crippen LogP contribution is 2.24. The van der Waals surface area contributed by atoms with Crippen molar-refractivity contribution in [1.82, 2.24) is 14.5 Å². The van der Waals surface area contributed by atoms with E-state index < -0.39 is 0 Å². The average molecular weight is 289 g/mol. The molecule has 0 saturated carbocycles. The van der Waals surface area contributed by atoms with E-state index in [1.807, 2.05) is 24.3 Å². The number of rotatable bonds is 4. The molecule has 0 bridgehead atoms. The molecule has 5 nitrogen and oxygen atoms in total. The molecule has 2 aliphatic rings. The van der Waals surface area contributed by atoms with Gasteiger partial charge in [-0.15, -0.1) is 0 Å². The van der Waals surface area contributed by atoms with Crippen molar-refractivity contribution in [1.29, 1.82) is 0 Å². The monoisotopic (exact) mass is 289 g/mol.